The SMILES string of the molecule is Nc1nc(-c2ccccc2)c(-c2ccc3ncccc3c2)nc1C(=O)NC1(c2cnccn2)CC1. The van der Waals surface area contributed by atoms with Gasteiger partial charge in [0.05, 0.1) is 34.3 Å². The van der Waals surface area contributed by atoms with Crippen molar-refractivity contribution in [3.63, 3.8) is 0 Å². The first-order chi connectivity index (χ1) is 17.1. The first-order valence-electron chi connectivity index (χ1n) is 11.3. The van der Waals surface area contributed by atoms with E-state index in [2.05, 4.69) is 25.3 Å². The molecule has 3 heterocycles. The van der Waals surface area contributed by atoms with Crippen molar-refractivity contribution in [2.24, 2.45) is 0 Å². The summed E-state index contributed by atoms with van der Waals surface area (Å²) >= 11 is 0. The van der Waals surface area contributed by atoms with Gasteiger partial charge in [0.2, 0.25) is 0 Å². The molecule has 170 valence electrons. The van der Waals surface area contributed by atoms with E-state index < -0.39 is 5.54 Å². The minimum Gasteiger partial charge on any atom is -0.382 e. The molecular formula is C27H21N7O. The van der Waals surface area contributed by atoms with E-state index in [0.29, 0.717) is 11.4 Å². The number of nitrogens with zero attached hydrogens (tertiary/aromatic N) is 5. The summed E-state index contributed by atoms with van der Waals surface area (Å²) in [4.78, 5) is 35.7. The van der Waals surface area contributed by atoms with Gasteiger partial charge in [-0.2, -0.15) is 0 Å². The minimum absolute atomic E-state index is 0.0718. The van der Waals surface area contributed by atoms with Crippen LogP contribution in [0.5, 0.6) is 0 Å². The van der Waals surface area contributed by atoms with Crippen LogP contribution in [-0.4, -0.2) is 30.8 Å². The van der Waals surface area contributed by atoms with Gasteiger partial charge in [0.25, 0.3) is 5.91 Å². The van der Waals surface area contributed by atoms with Gasteiger partial charge < -0.3 is 11.1 Å². The van der Waals surface area contributed by atoms with Crippen molar-refractivity contribution in [2.75, 3.05) is 5.73 Å². The lowest BCUT2D eigenvalue weighted by Crippen LogP contribution is -2.36. The summed E-state index contributed by atoms with van der Waals surface area (Å²) in [5.74, 6) is -0.316. The largest absolute Gasteiger partial charge is 0.382 e. The average Bonchev–Trinajstić information content (AvgIpc) is 3.69. The number of anilines is 1. The summed E-state index contributed by atoms with van der Waals surface area (Å²) in [7, 11) is 0. The number of pyridine rings is 1. The van der Waals surface area contributed by atoms with Crippen LogP contribution in [0.3, 0.4) is 0 Å². The maximum Gasteiger partial charge on any atom is 0.274 e. The van der Waals surface area contributed by atoms with Crippen molar-refractivity contribution in [3.8, 4) is 22.5 Å². The molecule has 0 aliphatic heterocycles. The summed E-state index contributed by atoms with van der Waals surface area (Å²) < 4.78 is 0. The first kappa shape index (κ1) is 20.9. The number of amides is 1. The van der Waals surface area contributed by atoms with E-state index in [9.17, 15) is 4.79 Å². The van der Waals surface area contributed by atoms with Crippen molar-refractivity contribution in [1.82, 2.24) is 30.2 Å². The summed E-state index contributed by atoms with van der Waals surface area (Å²) in [6.07, 6.45) is 8.22. The summed E-state index contributed by atoms with van der Waals surface area (Å²) in [5, 5.41) is 4.04. The highest BCUT2D eigenvalue weighted by atomic mass is 16.2. The number of hydrogen-bond donors (Lipinski definition) is 2. The van der Waals surface area contributed by atoms with E-state index >= 15 is 0 Å². The summed E-state index contributed by atoms with van der Waals surface area (Å²) in [6, 6.07) is 19.4. The number of nitrogen functional groups attached to an aromatic ring is 1. The van der Waals surface area contributed by atoms with Gasteiger partial charge >= 0.3 is 0 Å². The zero-order valence-electron chi connectivity index (χ0n) is 18.7. The van der Waals surface area contributed by atoms with E-state index in [1.54, 1.807) is 24.8 Å². The van der Waals surface area contributed by atoms with Crippen molar-refractivity contribution in [3.05, 3.63) is 96.8 Å². The molecule has 0 radical (unpaired) electrons. The number of fused-ring (bicyclic) bond motifs is 1. The van der Waals surface area contributed by atoms with Gasteiger partial charge in [-0.3, -0.25) is 19.7 Å². The number of rotatable bonds is 5. The molecule has 6 rings (SSSR count). The second-order valence-corrected chi connectivity index (χ2v) is 8.56. The zero-order valence-corrected chi connectivity index (χ0v) is 18.7. The van der Waals surface area contributed by atoms with Crippen LogP contribution >= 0.6 is 0 Å². The maximum atomic E-state index is 13.4. The van der Waals surface area contributed by atoms with Gasteiger partial charge in [-0.25, -0.2) is 9.97 Å². The van der Waals surface area contributed by atoms with E-state index in [0.717, 1.165) is 40.6 Å². The molecule has 8 heteroatoms. The van der Waals surface area contributed by atoms with Crippen LogP contribution < -0.4 is 11.1 Å². The molecule has 1 saturated carbocycles. The molecular weight excluding hydrogens is 438 g/mol. The van der Waals surface area contributed by atoms with Gasteiger partial charge in [-0.05, 0) is 31.0 Å². The monoisotopic (exact) mass is 459 g/mol. The normalized spacial score (nSPS) is 13.9. The van der Waals surface area contributed by atoms with E-state index in [1.807, 2.05) is 60.7 Å². The molecule has 1 fully saturated rings. The first-order valence-corrected chi connectivity index (χ1v) is 11.3. The third-order valence-electron chi connectivity index (χ3n) is 6.22. The highest BCUT2D eigenvalue weighted by molar-refractivity contribution is 5.99. The Morgan fingerprint density at radius 2 is 1.69 bits per heavy atom. The summed E-state index contributed by atoms with van der Waals surface area (Å²) in [5.41, 5.74) is 10.3. The number of carbonyl (C=O) groups excluding carboxylic acids is 1. The second kappa shape index (κ2) is 8.25. The third-order valence-corrected chi connectivity index (χ3v) is 6.22. The van der Waals surface area contributed by atoms with Crippen molar-refractivity contribution in [2.45, 2.75) is 18.4 Å². The maximum absolute atomic E-state index is 13.4. The van der Waals surface area contributed by atoms with E-state index in [-0.39, 0.29) is 17.4 Å². The van der Waals surface area contributed by atoms with Crippen LogP contribution in [0.1, 0.15) is 29.0 Å². The Labute approximate surface area is 201 Å². The quantitative estimate of drug-likeness (QED) is 0.405. The molecule has 1 aliphatic rings. The average molecular weight is 460 g/mol. The van der Waals surface area contributed by atoms with Crippen LogP contribution in [0.2, 0.25) is 0 Å². The lowest BCUT2D eigenvalue weighted by atomic mass is 10.0. The van der Waals surface area contributed by atoms with Gasteiger partial charge in [0, 0.05) is 35.1 Å². The van der Waals surface area contributed by atoms with Gasteiger partial charge in [-0.15, -0.1) is 0 Å². The Balaban J connectivity index is 1.46. The molecule has 0 spiro atoms. The van der Waals surface area contributed by atoms with Crippen LogP contribution in [0.15, 0.2) is 85.5 Å². The molecule has 0 unspecified atom stereocenters. The highest BCUT2D eigenvalue weighted by Crippen LogP contribution is 2.44. The lowest BCUT2D eigenvalue weighted by Gasteiger charge is -2.18. The van der Waals surface area contributed by atoms with Crippen molar-refractivity contribution >= 4 is 22.6 Å². The molecule has 3 aromatic heterocycles. The van der Waals surface area contributed by atoms with E-state index in [1.165, 1.54) is 0 Å². The number of hydrogen-bond acceptors (Lipinski definition) is 7. The lowest BCUT2D eigenvalue weighted by molar-refractivity contribution is 0.0925. The Morgan fingerprint density at radius 3 is 2.46 bits per heavy atom. The number of aromatic nitrogens is 5. The number of nitrogens with one attached hydrogen (secondary N) is 1. The number of carbonyl (C=O) groups is 1. The zero-order chi connectivity index (χ0) is 23.8. The standard InChI is InChI=1S/C27H21N7O/c28-25-24(26(35)34-27(10-11-27)21-16-29-13-14-31-21)32-23(22(33-25)17-5-2-1-3-6-17)19-8-9-20-18(15-19)7-4-12-30-20/h1-9,12-16H,10-11H2,(H2,28,33)(H,34,35). The Hall–Kier alpha value is -4.72. The Kier molecular flexibility index (Phi) is 4.92. The van der Waals surface area contributed by atoms with Crippen molar-refractivity contribution < 1.29 is 4.79 Å². The van der Waals surface area contributed by atoms with Crippen LogP contribution in [0, 0.1) is 0 Å². The fourth-order valence-corrected chi connectivity index (χ4v) is 4.23. The fraction of sp³-hybridized carbons (Fsp3) is 0.111. The number of benzene rings is 2. The van der Waals surface area contributed by atoms with Crippen molar-refractivity contribution in [1.29, 1.82) is 0 Å². The number of nitrogens with two attached hydrogens (primary N) is 1. The minimum atomic E-state index is -0.549. The molecule has 0 saturated heterocycles. The molecule has 8 nitrogen and oxygen atoms in total. The predicted octanol–water partition coefficient (Wildman–Crippen LogP) is 4.15. The Morgan fingerprint density at radius 1 is 0.857 bits per heavy atom. The molecule has 3 N–H and O–H groups in total. The van der Waals surface area contributed by atoms with Crippen LogP contribution in [0.4, 0.5) is 5.82 Å². The molecule has 2 aromatic carbocycles. The second-order valence-electron chi connectivity index (χ2n) is 8.56. The molecule has 0 bridgehead atoms. The van der Waals surface area contributed by atoms with E-state index in [4.69, 9.17) is 10.7 Å². The third kappa shape index (κ3) is 3.85. The highest BCUT2D eigenvalue weighted by Gasteiger charge is 2.47. The molecule has 1 aliphatic carbocycles. The molecule has 35 heavy (non-hydrogen) atoms. The molecule has 0 atom stereocenters. The molecule has 1 amide bonds. The van der Waals surface area contributed by atoms with Gasteiger partial charge in [-0.1, -0.05) is 42.5 Å². The fourth-order valence-electron chi connectivity index (χ4n) is 4.23. The van der Waals surface area contributed by atoms with Gasteiger partial charge in [0.1, 0.15) is 0 Å². The van der Waals surface area contributed by atoms with Gasteiger partial charge in [0.15, 0.2) is 11.5 Å². The summed E-state index contributed by atoms with van der Waals surface area (Å²) in [6.45, 7) is 0. The Bertz CT molecular complexity index is 1550. The van der Waals surface area contributed by atoms with Crippen LogP contribution in [0.25, 0.3) is 33.4 Å². The smallest absolute Gasteiger partial charge is 0.274 e. The predicted molar refractivity (Wildman–Crippen MR) is 133 cm³/mol. The topological polar surface area (TPSA) is 120 Å². The van der Waals surface area contributed by atoms with Crippen LogP contribution in [-0.2, 0) is 5.54 Å². The molecule has 5 aromatic rings.